The van der Waals surface area contributed by atoms with Gasteiger partial charge in [-0.15, -0.1) is 0 Å². The molecule has 0 rings (SSSR count). The van der Waals surface area contributed by atoms with Crippen LogP contribution in [0.25, 0.3) is 0 Å². The lowest BCUT2D eigenvalue weighted by atomic mass is 10.1. The fraction of sp³-hybridized carbons (Fsp3) is 0.722. The highest BCUT2D eigenvalue weighted by atomic mass is 16.5. The number of unbranched alkanes of at least 4 members (excludes halogenated alkanes) is 9. The number of carbonyl (C=O) groups excluding carboxylic acids is 1. The lowest BCUT2D eigenvalue weighted by Crippen LogP contribution is -2.01. The Balaban J connectivity index is 3.04. The Kier molecular flexibility index (Phi) is 15.2. The lowest BCUT2D eigenvalue weighted by molar-refractivity contribution is -0.137. The molecule has 0 radical (unpaired) electrons. The Morgan fingerprint density at radius 3 is 2.00 bits per heavy atom. The minimum Gasteiger partial charge on any atom is -0.463 e. The zero-order valence-corrected chi connectivity index (χ0v) is 13.2. The Labute approximate surface area is 125 Å². The standard InChI is InChI=1S/C18H32O2/c1-3-5-6-7-8-9-10-11-12-13-14-15-16-17-20-18(19)4-2/h4-6H,2-3,7-17H2,1H3. The first-order valence-corrected chi connectivity index (χ1v) is 8.25. The highest BCUT2D eigenvalue weighted by molar-refractivity contribution is 5.81. The van der Waals surface area contributed by atoms with Gasteiger partial charge in [0.25, 0.3) is 0 Å². The predicted octanol–water partition coefficient (Wildman–Crippen LogP) is 5.58. The molecular weight excluding hydrogens is 248 g/mol. The molecule has 0 aliphatic heterocycles. The van der Waals surface area contributed by atoms with Crippen molar-refractivity contribution in [1.82, 2.24) is 0 Å². The number of carbonyl (C=O) groups is 1. The van der Waals surface area contributed by atoms with Crippen LogP contribution in [0.3, 0.4) is 0 Å². The number of ether oxygens (including phenoxy) is 1. The van der Waals surface area contributed by atoms with Crippen LogP contribution in [-0.4, -0.2) is 12.6 Å². The van der Waals surface area contributed by atoms with Gasteiger partial charge in [-0.25, -0.2) is 4.79 Å². The summed E-state index contributed by atoms with van der Waals surface area (Å²) in [5, 5.41) is 0. The summed E-state index contributed by atoms with van der Waals surface area (Å²) in [5.74, 6) is -0.307. The summed E-state index contributed by atoms with van der Waals surface area (Å²) in [6, 6.07) is 0. The SMILES string of the molecule is C=CC(=O)OCCCCCCCCCCCC=CCC. The molecule has 0 saturated carbocycles. The smallest absolute Gasteiger partial charge is 0.330 e. The fourth-order valence-electron chi connectivity index (χ4n) is 2.12. The summed E-state index contributed by atoms with van der Waals surface area (Å²) < 4.78 is 4.93. The van der Waals surface area contributed by atoms with Crippen molar-refractivity contribution in [1.29, 1.82) is 0 Å². The van der Waals surface area contributed by atoms with Crippen molar-refractivity contribution in [2.24, 2.45) is 0 Å². The molecular formula is C18H32O2. The molecule has 0 bridgehead atoms. The molecule has 0 N–H and O–H groups in total. The number of allylic oxidation sites excluding steroid dienone is 2. The number of hydrogen-bond donors (Lipinski definition) is 0. The molecule has 116 valence electrons. The van der Waals surface area contributed by atoms with Gasteiger partial charge < -0.3 is 4.74 Å². The molecule has 0 aromatic rings. The van der Waals surface area contributed by atoms with Crippen molar-refractivity contribution >= 4 is 5.97 Å². The molecule has 0 spiro atoms. The Morgan fingerprint density at radius 1 is 0.900 bits per heavy atom. The summed E-state index contributed by atoms with van der Waals surface area (Å²) in [6.07, 6.45) is 19.7. The second-order valence-electron chi connectivity index (χ2n) is 5.22. The van der Waals surface area contributed by atoms with E-state index in [1.54, 1.807) is 0 Å². The predicted molar refractivity (Wildman–Crippen MR) is 86.8 cm³/mol. The van der Waals surface area contributed by atoms with Crippen LogP contribution in [0.15, 0.2) is 24.8 Å². The van der Waals surface area contributed by atoms with Crippen LogP contribution in [0.2, 0.25) is 0 Å². The van der Waals surface area contributed by atoms with E-state index in [-0.39, 0.29) is 5.97 Å². The molecule has 0 unspecified atom stereocenters. The van der Waals surface area contributed by atoms with Gasteiger partial charge in [0.2, 0.25) is 0 Å². The van der Waals surface area contributed by atoms with E-state index in [1.807, 2.05) is 0 Å². The summed E-state index contributed by atoms with van der Waals surface area (Å²) >= 11 is 0. The highest BCUT2D eigenvalue weighted by Gasteiger charge is 1.95. The topological polar surface area (TPSA) is 26.3 Å². The third kappa shape index (κ3) is 15.0. The summed E-state index contributed by atoms with van der Waals surface area (Å²) in [5.41, 5.74) is 0. The molecule has 2 nitrogen and oxygen atoms in total. The van der Waals surface area contributed by atoms with Gasteiger partial charge in [0, 0.05) is 6.08 Å². The highest BCUT2D eigenvalue weighted by Crippen LogP contribution is 2.11. The molecule has 0 aromatic carbocycles. The van der Waals surface area contributed by atoms with Crippen molar-refractivity contribution in [3.63, 3.8) is 0 Å². The monoisotopic (exact) mass is 280 g/mol. The molecule has 0 amide bonds. The van der Waals surface area contributed by atoms with E-state index in [4.69, 9.17) is 4.74 Å². The number of esters is 1. The van der Waals surface area contributed by atoms with Gasteiger partial charge in [-0.2, -0.15) is 0 Å². The van der Waals surface area contributed by atoms with E-state index in [0.29, 0.717) is 6.61 Å². The molecule has 0 aliphatic rings. The van der Waals surface area contributed by atoms with E-state index >= 15 is 0 Å². The third-order valence-electron chi connectivity index (χ3n) is 3.33. The second kappa shape index (κ2) is 16.0. The molecule has 0 heterocycles. The minimum atomic E-state index is -0.307. The Hall–Kier alpha value is -1.05. The molecule has 0 saturated heterocycles. The van der Waals surface area contributed by atoms with Gasteiger partial charge >= 0.3 is 5.97 Å². The molecule has 0 atom stereocenters. The number of rotatable bonds is 14. The van der Waals surface area contributed by atoms with Crippen LogP contribution in [-0.2, 0) is 9.53 Å². The van der Waals surface area contributed by atoms with Crippen LogP contribution in [0.5, 0.6) is 0 Å². The maximum atomic E-state index is 10.8. The number of hydrogen-bond acceptors (Lipinski definition) is 2. The van der Waals surface area contributed by atoms with Crippen LogP contribution >= 0.6 is 0 Å². The van der Waals surface area contributed by atoms with Gasteiger partial charge in [0.15, 0.2) is 0 Å². The van der Waals surface area contributed by atoms with Crippen LogP contribution < -0.4 is 0 Å². The third-order valence-corrected chi connectivity index (χ3v) is 3.33. The van der Waals surface area contributed by atoms with E-state index in [9.17, 15) is 4.79 Å². The molecule has 0 aromatic heterocycles. The van der Waals surface area contributed by atoms with Crippen molar-refractivity contribution < 1.29 is 9.53 Å². The van der Waals surface area contributed by atoms with Gasteiger partial charge in [-0.3, -0.25) is 0 Å². The average molecular weight is 280 g/mol. The van der Waals surface area contributed by atoms with Crippen LogP contribution in [0, 0.1) is 0 Å². The van der Waals surface area contributed by atoms with Crippen LogP contribution in [0.4, 0.5) is 0 Å². The zero-order valence-electron chi connectivity index (χ0n) is 13.2. The zero-order chi connectivity index (χ0) is 14.9. The first kappa shape index (κ1) is 18.9. The van der Waals surface area contributed by atoms with Gasteiger partial charge in [-0.05, 0) is 25.7 Å². The Morgan fingerprint density at radius 2 is 1.45 bits per heavy atom. The largest absolute Gasteiger partial charge is 0.463 e. The summed E-state index contributed by atoms with van der Waals surface area (Å²) in [7, 11) is 0. The Bertz CT molecular complexity index is 256. The summed E-state index contributed by atoms with van der Waals surface area (Å²) in [4.78, 5) is 10.8. The maximum absolute atomic E-state index is 10.8. The maximum Gasteiger partial charge on any atom is 0.330 e. The fourth-order valence-corrected chi connectivity index (χ4v) is 2.12. The minimum absolute atomic E-state index is 0.307. The normalized spacial score (nSPS) is 10.8. The molecule has 0 fully saturated rings. The van der Waals surface area contributed by atoms with Crippen molar-refractivity contribution in [3.8, 4) is 0 Å². The summed E-state index contributed by atoms with van der Waals surface area (Å²) in [6.45, 7) is 6.09. The van der Waals surface area contributed by atoms with E-state index in [1.165, 1.54) is 57.4 Å². The molecule has 0 aliphatic carbocycles. The average Bonchev–Trinajstić information content (AvgIpc) is 2.47. The van der Waals surface area contributed by atoms with Gasteiger partial charge in [-0.1, -0.05) is 70.6 Å². The first-order chi connectivity index (χ1) is 9.81. The first-order valence-electron chi connectivity index (χ1n) is 8.25. The van der Waals surface area contributed by atoms with E-state index in [2.05, 4.69) is 25.7 Å². The van der Waals surface area contributed by atoms with E-state index in [0.717, 1.165) is 19.3 Å². The van der Waals surface area contributed by atoms with Gasteiger partial charge in [0.05, 0.1) is 6.61 Å². The van der Waals surface area contributed by atoms with Crippen molar-refractivity contribution in [2.45, 2.75) is 77.6 Å². The molecule has 20 heavy (non-hydrogen) atoms. The van der Waals surface area contributed by atoms with Crippen LogP contribution in [0.1, 0.15) is 77.6 Å². The molecule has 2 heteroatoms. The second-order valence-corrected chi connectivity index (χ2v) is 5.22. The van der Waals surface area contributed by atoms with E-state index < -0.39 is 0 Å². The quantitative estimate of drug-likeness (QED) is 0.180. The van der Waals surface area contributed by atoms with Crippen molar-refractivity contribution in [3.05, 3.63) is 24.8 Å². The van der Waals surface area contributed by atoms with Gasteiger partial charge in [0.1, 0.15) is 0 Å². The van der Waals surface area contributed by atoms with Crippen molar-refractivity contribution in [2.75, 3.05) is 6.61 Å². The lowest BCUT2D eigenvalue weighted by Gasteiger charge is -2.03.